The van der Waals surface area contributed by atoms with E-state index in [1.54, 1.807) is 31.3 Å². The van der Waals surface area contributed by atoms with Crippen LogP contribution in [0.3, 0.4) is 0 Å². The molecule has 1 aliphatic heterocycles. The Kier molecular flexibility index (Phi) is 8.97. The van der Waals surface area contributed by atoms with E-state index in [2.05, 4.69) is 28.1 Å². The van der Waals surface area contributed by atoms with Crippen LogP contribution in [0.15, 0.2) is 36.7 Å². The summed E-state index contributed by atoms with van der Waals surface area (Å²) < 4.78 is 0. The van der Waals surface area contributed by atoms with Crippen molar-refractivity contribution in [2.45, 2.75) is 76.4 Å². The molecule has 3 atom stereocenters. The molecular formula is C28H39N5O4. The Labute approximate surface area is 219 Å². The summed E-state index contributed by atoms with van der Waals surface area (Å²) in [5.41, 5.74) is 2.44. The maximum Gasteiger partial charge on any atom is 0.247 e. The minimum absolute atomic E-state index is 0.0227. The largest absolute Gasteiger partial charge is 0.345 e. The van der Waals surface area contributed by atoms with Gasteiger partial charge in [0.1, 0.15) is 12.6 Å². The highest BCUT2D eigenvalue weighted by molar-refractivity contribution is 5.93. The highest BCUT2D eigenvalue weighted by Gasteiger charge is 2.34. The first-order valence-corrected chi connectivity index (χ1v) is 13.5. The van der Waals surface area contributed by atoms with Gasteiger partial charge in [0.25, 0.3) is 0 Å². The molecule has 1 heterocycles. The number of carbonyl (C=O) groups is 4. The Morgan fingerprint density at radius 2 is 1.76 bits per heavy atom. The maximum absolute atomic E-state index is 13.1. The van der Waals surface area contributed by atoms with Crippen molar-refractivity contribution in [3.63, 3.8) is 0 Å². The molecule has 1 aromatic carbocycles. The molecule has 9 nitrogen and oxygen atoms in total. The zero-order valence-corrected chi connectivity index (χ0v) is 21.9. The number of aryl methyl sites for hydroxylation is 1. The molecule has 37 heavy (non-hydrogen) atoms. The second kappa shape index (κ2) is 12.4. The Morgan fingerprint density at radius 1 is 1.00 bits per heavy atom. The number of fused-ring (bicyclic) bond motifs is 1. The van der Waals surface area contributed by atoms with E-state index in [1.807, 2.05) is 12.1 Å². The average molecular weight is 510 g/mol. The molecule has 4 amide bonds. The fraction of sp³-hybridized carbons (Fsp3) is 0.571. The van der Waals surface area contributed by atoms with E-state index in [0.717, 1.165) is 51.4 Å². The quantitative estimate of drug-likeness (QED) is 0.497. The Bertz CT molecular complexity index is 1040. The lowest BCUT2D eigenvalue weighted by molar-refractivity contribution is -0.140. The van der Waals surface area contributed by atoms with Crippen LogP contribution in [0.5, 0.6) is 0 Å². The zero-order chi connectivity index (χ0) is 26.4. The molecule has 1 fully saturated rings. The molecule has 1 aromatic rings. The maximum atomic E-state index is 13.1. The molecule has 2 aliphatic carbocycles. The van der Waals surface area contributed by atoms with Crippen molar-refractivity contribution in [2.75, 3.05) is 20.1 Å². The van der Waals surface area contributed by atoms with Crippen molar-refractivity contribution in [2.24, 2.45) is 5.92 Å². The summed E-state index contributed by atoms with van der Waals surface area (Å²) in [6, 6.07) is 7.07. The number of hydrogen-bond acceptors (Lipinski definition) is 5. The SMILES string of the molecule is CN[C@@H](C)C(=O)N[C@H](C(=O)NCC(=O)N1C=CN(C2CCCc3ccccc32)C(=O)C1)C1CCCCC1. The van der Waals surface area contributed by atoms with Crippen LogP contribution in [-0.2, 0) is 25.6 Å². The molecule has 0 radical (unpaired) electrons. The Balaban J connectivity index is 1.36. The van der Waals surface area contributed by atoms with Crippen LogP contribution in [-0.4, -0.2) is 65.6 Å². The molecule has 1 saturated carbocycles. The lowest BCUT2D eigenvalue weighted by Crippen LogP contribution is -2.56. The first-order valence-electron chi connectivity index (χ1n) is 13.5. The second-order valence-corrected chi connectivity index (χ2v) is 10.3. The van der Waals surface area contributed by atoms with Crippen molar-refractivity contribution in [1.82, 2.24) is 25.8 Å². The minimum Gasteiger partial charge on any atom is -0.345 e. The summed E-state index contributed by atoms with van der Waals surface area (Å²) in [4.78, 5) is 54.6. The van der Waals surface area contributed by atoms with Gasteiger partial charge in [-0.25, -0.2) is 0 Å². The first-order chi connectivity index (χ1) is 17.9. The number of nitrogens with one attached hydrogen (secondary N) is 3. The summed E-state index contributed by atoms with van der Waals surface area (Å²) in [7, 11) is 1.69. The number of amides is 4. The smallest absolute Gasteiger partial charge is 0.247 e. The Hall–Kier alpha value is -3.20. The second-order valence-electron chi connectivity index (χ2n) is 10.3. The van der Waals surface area contributed by atoms with Crippen molar-refractivity contribution in [3.8, 4) is 0 Å². The number of hydrogen-bond donors (Lipinski definition) is 3. The van der Waals surface area contributed by atoms with Crippen LogP contribution in [0.2, 0.25) is 0 Å². The fourth-order valence-corrected chi connectivity index (χ4v) is 5.63. The van der Waals surface area contributed by atoms with E-state index in [9.17, 15) is 19.2 Å². The van der Waals surface area contributed by atoms with Crippen LogP contribution in [0.4, 0.5) is 0 Å². The molecular weight excluding hydrogens is 470 g/mol. The van der Waals surface area contributed by atoms with Crippen molar-refractivity contribution in [1.29, 1.82) is 0 Å². The number of benzene rings is 1. The highest BCUT2D eigenvalue weighted by Crippen LogP contribution is 2.35. The molecule has 200 valence electrons. The van der Waals surface area contributed by atoms with E-state index >= 15 is 0 Å². The van der Waals surface area contributed by atoms with Crippen LogP contribution < -0.4 is 16.0 Å². The van der Waals surface area contributed by atoms with Crippen molar-refractivity contribution in [3.05, 3.63) is 47.8 Å². The first kappa shape index (κ1) is 26.9. The summed E-state index contributed by atoms with van der Waals surface area (Å²) >= 11 is 0. The lowest BCUT2D eigenvalue weighted by atomic mass is 9.83. The average Bonchev–Trinajstić information content (AvgIpc) is 2.94. The van der Waals surface area contributed by atoms with Gasteiger partial charge in [-0.1, -0.05) is 43.5 Å². The van der Waals surface area contributed by atoms with Gasteiger partial charge in [0.2, 0.25) is 23.6 Å². The highest BCUT2D eigenvalue weighted by atomic mass is 16.2. The van der Waals surface area contributed by atoms with Crippen LogP contribution >= 0.6 is 0 Å². The number of rotatable bonds is 8. The standard InChI is InChI=1S/C28H39N5O4/c1-19(29-2)27(36)31-26(21-10-4-3-5-11-21)28(37)30-17-24(34)32-15-16-33(25(35)18-32)23-14-8-12-20-9-6-7-13-22(20)23/h6-7,9,13,15-16,19,21,23,26,29H,3-5,8,10-12,14,17-18H2,1-2H3,(H,30,37)(H,31,36)/t19-,23?,26-/m0/s1. The molecule has 4 rings (SSSR count). The predicted molar refractivity (Wildman–Crippen MR) is 140 cm³/mol. The summed E-state index contributed by atoms with van der Waals surface area (Å²) in [6.07, 6.45) is 11.1. The molecule has 0 spiro atoms. The van der Waals surface area contributed by atoms with Crippen molar-refractivity contribution < 1.29 is 19.2 Å². The van der Waals surface area contributed by atoms with Gasteiger partial charge in [-0.2, -0.15) is 0 Å². The third-order valence-electron chi connectivity index (χ3n) is 7.94. The van der Waals surface area contributed by atoms with Gasteiger partial charge < -0.3 is 25.8 Å². The van der Waals surface area contributed by atoms with Crippen LogP contribution in [0.1, 0.15) is 69.0 Å². The summed E-state index contributed by atoms with van der Waals surface area (Å²) in [5, 5.41) is 8.50. The van der Waals surface area contributed by atoms with E-state index < -0.39 is 12.1 Å². The van der Waals surface area contributed by atoms with Gasteiger partial charge in [0.05, 0.1) is 18.6 Å². The third-order valence-corrected chi connectivity index (χ3v) is 7.94. The molecule has 1 unspecified atom stereocenters. The van der Waals surface area contributed by atoms with E-state index in [1.165, 1.54) is 16.0 Å². The fourth-order valence-electron chi connectivity index (χ4n) is 5.63. The lowest BCUT2D eigenvalue weighted by Gasteiger charge is -2.37. The van der Waals surface area contributed by atoms with Gasteiger partial charge in [-0.3, -0.25) is 19.2 Å². The van der Waals surface area contributed by atoms with Gasteiger partial charge in [0.15, 0.2) is 0 Å². The van der Waals surface area contributed by atoms with Gasteiger partial charge in [-0.05, 0) is 63.1 Å². The van der Waals surface area contributed by atoms with E-state index in [4.69, 9.17) is 0 Å². The van der Waals surface area contributed by atoms with E-state index in [0.29, 0.717) is 0 Å². The molecule has 3 N–H and O–H groups in total. The molecule has 3 aliphatic rings. The summed E-state index contributed by atoms with van der Waals surface area (Å²) in [5.74, 6) is -1.06. The van der Waals surface area contributed by atoms with E-state index in [-0.39, 0.29) is 48.7 Å². The van der Waals surface area contributed by atoms with Gasteiger partial charge >= 0.3 is 0 Å². The third kappa shape index (κ3) is 6.39. The topological polar surface area (TPSA) is 111 Å². The van der Waals surface area contributed by atoms with Gasteiger partial charge in [0, 0.05) is 12.4 Å². The van der Waals surface area contributed by atoms with Crippen molar-refractivity contribution >= 4 is 23.6 Å². The molecule has 0 aromatic heterocycles. The van der Waals surface area contributed by atoms with Crippen LogP contribution in [0, 0.1) is 5.92 Å². The number of likely N-dealkylation sites (N-methyl/N-ethyl adjacent to an activating group) is 1. The summed E-state index contributed by atoms with van der Waals surface area (Å²) in [6.45, 7) is 1.44. The monoisotopic (exact) mass is 509 g/mol. The molecule has 0 saturated heterocycles. The molecule has 0 bridgehead atoms. The number of carbonyl (C=O) groups excluding carboxylic acids is 4. The van der Waals surface area contributed by atoms with Gasteiger partial charge in [-0.15, -0.1) is 0 Å². The zero-order valence-electron chi connectivity index (χ0n) is 21.9. The predicted octanol–water partition coefficient (Wildman–Crippen LogP) is 2.00. The number of nitrogens with zero attached hydrogens (tertiary/aromatic N) is 2. The minimum atomic E-state index is -0.684. The Morgan fingerprint density at radius 3 is 2.49 bits per heavy atom. The van der Waals surface area contributed by atoms with Crippen LogP contribution in [0.25, 0.3) is 0 Å². The molecule has 9 heteroatoms. The normalized spacial score (nSPS) is 21.7.